The van der Waals surface area contributed by atoms with Crippen LogP contribution in [0.2, 0.25) is 0 Å². The molecule has 0 amide bonds. The van der Waals surface area contributed by atoms with Gasteiger partial charge in [0.05, 0.1) is 5.69 Å². The topological polar surface area (TPSA) is 40.2 Å². The standard InChI is InChI=1S/C14H17N3/c1-4-10(2)14(17-15-3)13-9-11-7-5-6-8-12(11)16-13/h4-9,15-16H,1-3H3/b10-4+,17-14+. The normalized spacial score (nSPS) is 13.1. The molecule has 0 radical (unpaired) electrons. The molecule has 0 aliphatic rings. The fraction of sp³-hybridized carbons (Fsp3) is 0.214. The number of aromatic nitrogens is 1. The smallest absolute Gasteiger partial charge is 0.109 e. The number of fused-ring (bicyclic) bond motifs is 1. The highest BCUT2D eigenvalue weighted by atomic mass is 15.3. The third-order valence-corrected chi connectivity index (χ3v) is 2.82. The molecule has 2 aromatic rings. The molecule has 2 N–H and O–H groups in total. The number of nitrogens with zero attached hydrogens (tertiary/aromatic N) is 1. The molecule has 0 atom stereocenters. The van der Waals surface area contributed by atoms with Crippen LogP contribution in [0.3, 0.4) is 0 Å². The first-order valence-corrected chi connectivity index (χ1v) is 5.72. The molecule has 1 aromatic heterocycles. The van der Waals surface area contributed by atoms with E-state index < -0.39 is 0 Å². The van der Waals surface area contributed by atoms with Gasteiger partial charge in [-0.25, -0.2) is 0 Å². The third-order valence-electron chi connectivity index (χ3n) is 2.82. The van der Waals surface area contributed by atoms with Gasteiger partial charge in [-0.1, -0.05) is 24.3 Å². The SMILES string of the molecule is C/C=C(C)/C(=N\NC)c1cc2ccccc2[nH]1. The Kier molecular flexibility index (Phi) is 3.28. The number of hydrogen-bond acceptors (Lipinski definition) is 2. The Bertz CT molecular complexity index is 543. The van der Waals surface area contributed by atoms with Gasteiger partial charge in [0.1, 0.15) is 5.71 Å². The van der Waals surface area contributed by atoms with Gasteiger partial charge >= 0.3 is 0 Å². The van der Waals surface area contributed by atoms with Crippen LogP contribution in [-0.4, -0.2) is 17.7 Å². The van der Waals surface area contributed by atoms with Crippen LogP contribution in [0.1, 0.15) is 19.5 Å². The second kappa shape index (κ2) is 4.87. The summed E-state index contributed by atoms with van der Waals surface area (Å²) >= 11 is 0. The Morgan fingerprint density at radius 2 is 2.12 bits per heavy atom. The fourth-order valence-corrected chi connectivity index (χ4v) is 1.81. The molecule has 0 fully saturated rings. The van der Waals surface area contributed by atoms with Crippen molar-refractivity contribution in [3.05, 3.63) is 47.7 Å². The second-order valence-electron chi connectivity index (χ2n) is 3.93. The third kappa shape index (κ3) is 2.23. The number of H-pyrrole nitrogens is 1. The van der Waals surface area contributed by atoms with Gasteiger partial charge in [0, 0.05) is 18.0 Å². The summed E-state index contributed by atoms with van der Waals surface area (Å²) in [6.45, 7) is 4.07. The van der Waals surface area contributed by atoms with Crippen molar-refractivity contribution in [3.63, 3.8) is 0 Å². The Hall–Kier alpha value is -2.03. The number of hydrazone groups is 1. The van der Waals surface area contributed by atoms with Crippen molar-refractivity contribution < 1.29 is 0 Å². The van der Waals surface area contributed by atoms with Gasteiger partial charge in [0.2, 0.25) is 0 Å². The second-order valence-corrected chi connectivity index (χ2v) is 3.93. The minimum Gasteiger partial charge on any atom is -0.353 e. The Morgan fingerprint density at radius 3 is 2.76 bits per heavy atom. The first-order valence-electron chi connectivity index (χ1n) is 5.72. The number of hydrogen-bond donors (Lipinski definition) is 2. The zero-order valence-corrected chi connectivity index (χ0v) is 10.4. The van der Waals surface area contributed by atoms with Crippen molar-refractivity contribution in [2.24, 2.45) is 5.10 Å². The summed E-state index contributed by atoms with van der Waals surface area (Å²) in [6, 6.07) is 10.4. The van der Waals surface area contributed by atoms with E-state index in [-0.39, 0.29) is 0 Å². The summed E-state index contributed by atoms with van der Waals surface area (Å²) in [5, 5.41) is 5.53. The molecule has 0 bridgehead atoms. The van der Waals surface area contributed by atoms with Crippen molar-refractivity contribution in [2.75, 3.05) is 7.05 Å². The van der Waals surface area contributed by atoms with Crippen LogP contribution >= 0.6 is 0 Å². The van der Waals surface area contributed by atoms with Gasteiger partial charge < -0.3 is 10.4 Å². The summed E-state index contributed by atoms with van der Waals surface area (Å²) in [7, 11) is 1.81. The maximum absolute atomic E-state index is 4.33. The van der Waals surface area contributed by atoms with Crippen LogP contribution in [0.4, 0.5) is 0 Å². The summed E-state index contributed by atoms with van der Waals surface area (Å²) in [4.78, 5) is 3.38. The lowest BCUT2D eigenvalue weighted by Gasteiger charge is -2.03. The molecule has 2 rings (SSSR count). The molecule has 3 nitrogen and oxygen atoms in total. The lowest BCUT2D eigenvalue weighted by Crippen LogP contribution is -2.09. The minimum absolute atomic E-state index is 0.950. The number of para-hydroxylation sites is 1. The molecule has 0 aliphatic carbocycles. The van der Waals surface area contributed by atoms with Gasteiger partial charge in [-0.05, 0) is 31.6 Å². The molecule has 0 spiro atoms. The van der Waals surface area contributed by atoms with Gasteiger partial charge in [-0.3, -0.25) is 0 Å². The van der Waals surface area contributed by atoms with E-state index in [0.29, 0.717) is 0 Å². The highest BCUT2D eigenvalue weighted by Crippen LogP contribution is 2.17. The summed E-state index contributed by atoms with van der Waals surface area (Å²) in [5.41, 5.74) is 7.12. The van der Waals surface area contributed by atoms with Crippen LogP contribution in [0.25, 0.3) is 10.9 Å². The zero-order chi connectivity index (χ0) is 12.3. The van der Waals surface area contributed by atoms with Crippen LogP contribution < -0.4 is 5.43 Å². The molecule has 1 heterocycles. The Labute approximate surface area is 101 Å². The maximum Gasteiger partial charge on any atom is 0.109 e. The molecule has 17 heavy (non-hydrogen) atoms. The van der Waals surface area contributed by atoms with E-state index in [1.807, 2.05) is 26.1 Å². The lowest BCUT2D eigenvalue weighted by molar-refractivity contribution is 0.899. The summed E-state index contributed by atoms with van der Waals surface area (Å²) in [5.74, 6) is 0. The minimum atomic E-state index is 0.950. The van der Waals surface area contributed by atoms with E-state index in [0.717, 1.165) is 22.5 Å². The molecule has 0 saturated heterocycles. The number of nitrogens with one attached hydrogen (secondary N) is 2. The van der Waals surface area contributed by atoms with Crippen LogP contribution in [-0.2, 0) is 0 Å². The average molecular weight is 227 g/mol. The van der Waals surface area contributed by atoms with E-state index in [9.17, 15) is 0 Å². The van der Waals surface area contributed by atoms with Crippen molar-refractivity contribution in [1.82, 2.24) is 10.4 Å². The van der Waals surface area contributed by atoms with Gasteiger partial charge in [0.25, 0.3) is 0 Å². The lowest BCUT2D eigenvalue weighted by atomic mass is 10.1. The highest BCUT2D eigenvalue weighted by molar-refractivity contribution is 6.12. The monoisotopic (exact) mass is 227 g/mol. The van der Waals surface area contributed by atoms with Gasteiger partial charge in [0.15, 0.2) is 0 Å². The molecule has 3 heteroatoms. The molecule has 0 aliphatic heterocycles. The Balaban J connectivity index is 2.53. The first-order chi connectivity index (χ1) is 8.26. The summed E-state index contributed by atoms with van der Waals surface area (Å²) < 4.78 is 0. The molecular weight excluding hydrogens is 210 g/mol. The molecule has 1 aromatic carbocycles. The largest absolute Gasteiger partial charge is 0.353 e. The van der Waals surface area contributed by atoms with Crippen LogP contribution in [0, 0.1) is 0 Å². The van der Waals surface area contributed by atoms with Crippen molar-refractivity contribution in [1.29, 1.82) is 0 Å². The number of benzene rings is 1. The predicted octanol–water partition coefficient (Wildman–Crippen LogP) is 3.06. The fourth-order valence-electron chi connectivity index (χ4n) is 1.81. The zero-order valence-electron chi connectivity index (χ0n) is 10.4. The van der Waals surface area contributed by atoms with Crippen molar-refractivity contribution >= 4 is 16.6 Å². The van der Waals surface area contributed by atoms with Crippen LogP contribution in [0.15, 0.2) is 47.1 Å². The van der Waals surface area contributed by atoms with E-state index in [2.05, 4.69) is 46.7 Å². The van der Waals surface area contributed by atoms with Crippen molar-refractivity contribution in [3.8, 4) is 0 Å². The van der Waals surface area contributed by atoms with E-state index >= 15 is 0 Å². The maximum atomic E-state index is 4.33. The average Bonchev–Trinajstić information content (AvgIpc) is 2.78. The van der Waals surface area contributed by atoms with Crippen molar-refractivity contribution in [2.45, 2.75) is 13.8 Å². The van der Waals surface area contributed by atoms with E-state index in [4.69, 9.17) is 0 Å². The predicted molar refractivity (Wildman–Crippen MR) is 73.3 cm³/mol. The summed E-state index contributed by atoms with van der Waals surface area (Å²) in [6.07, 6.45) is 2.06. The molecule has 0 unspecified atom stereocenters. The van der Waals surface area contributed by atoms with Crippen LogP contribution in [0.5, 0.6) is 0 Å². The molecule has 0 saturated carbocycles. The van der Waals surface area contributed by atoms with Gasteiger partial charge in [-0.15, -0.1) is 0 Å². The molecular formula is C14H17N3. The number of allylic oxidation sites excluding steroid dienone is 2. The highest BCUT2D eigenvalue weighted by Gasteiger charge is 2.08. The van der Waals surface area contributed by atoms with E-state index in [1.165, 1.54) is 5.39 Å². The van der Waals surface area contributed by atoms with E-state index in [1.54, 1.807) is 0 Å². The first kappa shape index (κ1) is 11.5. The molecule has 88 valence electrons. The number of rotatable bonds is 3. The number of aromatic amines is 1. The Morgan fingerprint density at radius 1 is 1.35 bits per heavy atom. The quantitative estimate of drug-likeness (QED) is 0.614. The van der Waals surface area contributed by atoms with Gasteiger partial charge in [-0.2, -0.15) is 5.10 Å².